The van der Waals surface area contributed by atoms with Gasteiger partial charge < -0.3 is 24.2 Å². The van der Waals surface area contributed by atoms with Crippen LogP contribution in [0.5, 0.6) is 5.75 Å². The number of esters is 1. The fraction of sp³-hybridized carbons (Fsp3) is 0.471. The van der Waals surface area contributed by atoms with Crippen molar-refractivity contribution >= 4 is 11.8 Å². The summed E-state index contributed by atoms with van der Waals surface area (Å²) in [6.07, 6.45) is -10.7. The van der Waals surface area contributed by atoms with Gasteiger partial charge in [0.1, 0.15) is 17.7 Å². The first kappa shape index (κ1) is 34.0. The van der Waals surface area contributed by atoms with Crippen LogP contribution < -0.4 is 9.64 Å². The number of alkyl halides is 6. The highest BCUT2D eigenvalue weighted by molar-refractivity contribution is 5.76. The van der Waals surface area contributed by atoms with Crippen molar-refractivity contribution in [3.05, 3.63) is 76.5 Å². The summed E-state index contributed by atoms with van der Waals surface area (Å²) < 4.78 is 98.0. The van der Waals surface area contributed by atoms with Crippen LogP contribution in [0.1, 0.15) is 66.2 Å². The molecule has 1 unspecified atom stereocenters. The average Bonchev–Trinajstić information content (AvgIpc) is 3.27. The summed E-state index contributed by atoms with van der Waals surface area (Å²) in [5.41, 5.74) is -0.396. The Morgan fingerprint density at radius 2 is 1.60 bits per heavy atom. The predicted octanol–water partition coefficient (Wildman–Crippen LogP) is 6.91. The van der Waals surface area contributed by atoms with Crippen molar-refractivity contribution in [2.45, 2.75) is 69.6 Å². The summed E-state index contributed by atoms with van der Waals surface area (Å²) in [6.45, 7) is 3.14. The number of aliphatic hydroxyl groups excluding tert-OH is 1. The lowest BCUT2D eigenvalue weighted by atomic mass is 9.71. The summed E-state index contributed by atoms with van der Waals surface area (Å²) in [5.74, 6) is 0.955. The number of halogens is 6. The molecule has 48 heavy (non-hydrogen) atoms. The van der Waals surface area contributed by atoms with Gasteiger partial charge in [-0.15, -0.1) is 0 Å². The van der Waals surface area contributed by atoms with Crippen LogP contribution in [0.25, 0.3) is 11.1 Å². The minimum atomic E-state index is -5.03. The quantitative estimate of drug-likeness (QED) is 0.203. The van der Waals surface area contributed by atoms with E-state index in [1.165, 1.54) is 19.1 Å². The summed E-state index contributed by atoms with van der Waals surface area (Å²) in [6, 6.07) is 10.0. The molecule has 6 rings (SSSR count). The van der Waals surface area contributed by atoms with E-state index in [0.717, 1.165) is 25.1 Å². The molecule has 258 valence electrons. The Balaban J connectivity index is 1.35. The minimum Gasteiger partial charge on any atom is -0.496 e. The Bertz CT molecular complexity index is 1640. The molecule has 1 aromatic heterocycles. The fourth-order valence-corrected chi connectivity index (χ4v) is 6.61. The number of ether oxygens (including phenoxy) is 3. The molecule has 0 amide bonds. The Morgan fingerprint density at radius 3 is 2.17 bits per heavy atom. The predicted molar refractivity (Wildman–Crippen MR) is 162 cm³/mol. The van der Waals surface area contributed by atoms with Crippen LogP contribution in [-0.4, -0.2) is 60.7 Å². The van der Waals surface area contributed by atoms with Crippen molar-refractivity contribution in [1.82, 2.24) is 9.88 Å². The van der Waals surface area contributed by atoms with E-state index in [-0.39, 0.29) is 36.0 Å². The highest BCUT2D eigenvalue weighted by atomic mass is 19.4. The van der Waals surface area contributed by atoms with Gasteiger partial charge >= 0.3 is 18.3 Å². The number of carbonyl (C=O) groups is 1. The minimum absolute atomic E-state index is 0.0395. The van der Waals surface area contributed by atoms with E-state index in [2.05, 4.69) is 4.90 Å². The zero-order chi connectivity index (χ0) is 34.5. The lowest BCUT2D eigenvalue weighted by Crippen LogP contribution is -2.38. The molecule has 3 aliphatic rings. The largest absolute Gasteiger partial charge is 0.496 e. The molecule has 1 saturated carbocycles. The lowest BCUT2D eigenvalue weighted by Gasteiger charge is -2.34. The maximum absolute atomic E-state index is 13.6. The third-order valence-corrected chi connectivity index (χ3v) is 9.58. The monoisotopic (exact) mass is 679 g/mol. The van der Waals surface area contributed by atoms with E-state index in [9.17, 15) is 36.2 Å². The van der Waals surface area contributed by atoms with Gasteiger partial charge in [-0.3, -0.25) is 4.79 Å². The topological polar surface area (TPSA) is 84.4 Å². The number of hydrogen-bond donors (Lipinski definition) is 1. The molecule has 2 saturated heterocycles. The summed E-state index contributed by atoms with van der Waals surface area (Å²) in [5, 5.41) is 11.0. The molecule has 0 radical (unpaired) electrons. The molecule has 2 aliphatic heterocycles. The van der Waals surface area contributed by atoms with Crippen LogP contribution >= 0.6 is 0 Å². The molecule has 0 bridgehead atoms. The van der Waals surface area contributed by atoms with Gasteiger partial charge in [-0.05, 0) is 85.7 Å². The van der Waals surface area contributed by atoms with Gasteiger partial charge in [0.25, 0.3) is 0 Å². The molecule has 3 aromatic rings. The molecule has 8 nitrogen and oxygen atoms in total. The van der Waals surface area contributed by atoms with Crippen LogP contribution in [0, 0.1) is 5.92 Å². The van der Waals surface area contributed by atoms with Gasteiger partial charge in [0, 0.05) is 36.8 Å². The average molecular weight is 680 g/mol. The number of carbonyl (C=O) groups excluding carboxylic acids is 1. The first-order chi connectivity index (χ1) is 22.7. The van der Waals surface area contributed by atoms with Crippen LogP contribution in [0.3, 0.4) is 0 Å². The van der Waals surface area contributed by atoms with E-state index < -0.39 is 42.0 Å². The number of benzene rings is 2. The molecule has 3 fully saturated rings. The fourth-order valence-electron chi connectivity index (χ4n) is 6.61. The number of hydrogen-bond acceptors (Lipinski definition) is 8. The van der Waals surface area contributed by atoms with Gasteiger partial charge in [-0.25, -0.2) is 9.88 Å². The van der Waals surface area contributed by atoms with E-state index in [4.69, 9.17) is 19.2 Å². The standard InChI is InChI=1S/C34H35F6N3O5/c1-18-30(21-13-23(33(35,36)37)16-24(14-21)34(38,39)40)48-32(45)43(18)17-27-25(6-8-29(41-27)42-9-4-10-42)26-15-19(5-7-28(26)46-2)20-11-22(12-20)31(44)47-3/h5-8,13-16,18,20,22,30,32,45H,4,9-12,17H2,1-3H3/t18-,20?,22?,30-,32?/m0/s1. The molecule has 3 heterocycles. The van der Waals surface area contributed by atoms with Crippen LogP contribution in [0.2, 0.25) is 0 Å². The highest BCUT2D eigenvalue weighted by Gasteiger charge is 2.44. The second-order valence-corrected chi connectivity index (χ2v) is 12.5. The SMILES string of the molecule is COC(=O)C1CC(c2ccc(OC)c(-c3ccc(N4CCC4)nc3CN3C(O)O[C@H](c4cc(C(F)(F)F)cc(C(F)(F)F)c4)[C@@H]3C)c2)C1. The van der Waals surface area contributed by atoms with Gasteiger partial charge in [0.15, 0.2) is 0 Å². The van der Waals surface area contributed by atoms with Crippen LogP contribution in [0.15, 0.2) is 48.5 Å². The number of methoxy groups -OCH3 is 2. The van der Waals surface area contributed by atoms with E-state index in [1.54, 1.807) is 6.92 Å². The maximum Gasteiger partial charge on any atom is 0.416 e. The number of aromatic nitrogens is 1. The van der Waals surface area contributed by atoms with Crippen molar-refractivity contribution in [3.63, 3.8) is 0 Å². The first-order valence-electron chi connectivity index (χ1n) is 15.6. The normalized spacial score (nSPS) is 24.6. The second-order valence-electron chi connectivity index (χ2n) is 12.5. The van der Waals surface area contributed by atoms with Crippen molar-refractivity contribution in [1.29, 1.82) is 0 Å². The van der Waals surface area contributed by atoms with Gasteiger partial charge in [0.2, 0.25) is 6.41 Å². The number of pyridine rings is 1. The smallest absolute Gasteiger partial charge is 0.416 e. The van der Waals surface area contributed by atoms with E-state index in [1.807, 2.05) is 30.3 Å². The molecule has 0 spiro atoms. The summed E-state index contributed by atoms with van der Waals surface area (Å²) in [4.78, 5) is 20.4. The third-order valence-electron chi connectivity index (χ3n) is 9.58. The van der Waals surface area contributed by atoms with Crippen molar-refractivity contribution in [3.8, 4) is 16.9 Å². The molecule has 1 N–H and O–H groups in total. The van der Waals surface area contributed by atoms with Gasteiger partial charge in [-0.2, -0.15) is 26.3 Å². The Labute approximate surface area is 273 Å². The van der Waals surface area contributed by atoms with Crippen LogP contribution in [0.4, 0.5) is 32.2 Å². The van der Waals surface area contributed by atoms with Crippen molar-refractivity contribution < 1.29 is 50.5 Å². The summed E-state index contributed by atoms with van der Waals surface area (Å²) >= 11 is 0. The second kappa shape index (κ2) is 12.9. The van der Waals surface area contributed by atoms with E-state index in [0.29, 0.717) is 53.4 Å². The number of aliphatic hydroxyl groups is 1. The Morgan fingerprint density at radius 1 is 0.938 bits per heavy atom. The number of nitrogens with zero attached hydrogens (tertiary/aromatic N) is 3. The summed E-state index contributed by atoms with van der Waals surface area (Å²) in [7, 11) is 2.90. The maximum atomic E-state index is 13.6. The Hall–Kier alpha value is -3.88. The van der Waals surface area contributed by atoms with Crippen molar-refractivity contribution in [2.75, 3.05) is 32.2 Å². The zero-order valence-electron chi connectivity index (χ0n) is 26.4. The molecular weight excluding hydrogens is 644 g/mol. The third kappa shape index (κ3) is 6.57. The molecule has 1 aliphatic carbocycles. The van der Waals surface area contributed by atoms with Gasteiger partial charge in [0.05, 0.1) is 37.0 Å². The molecular formula is C34H35F6N3O5. The molecule has 2 aromatic carbocycles. The van der Waals surface area contributed by atoms with Crippen molar-refractivity contribution in [2.24, 2.45) is 5.92 Å². The van der Waals surface area contributed by atoms with E-state index >= 15 is 0 Å². The molecule has 3 atom stereocenters. The highest BCUT2D eigenvalue weighted by Crippen LogP contribution is 2.46. The zero-order valence-corrected chi connectivity index (χ0v) is 26.4. The number of anilines is 1. The van der Waals surface area contributed by atoms with Gasteiger partial charge in [-0.1, -0.05) is 6.07 Å². The lowest BCUT2D eigenvalue weighted by molar-refractivity contribution is -0.154. The molecule has 14 heteroatoms. The first-order valence-corrected chi connectivity index (χ1v) is 15.6. The Kier molecular flexibility index (Phi) is 9.11. The number of rotatable bonds is 8. The van der Waals surface area contributed by atoms with Crippen LogP contribution in [-0.2, 0) is 33.2 Å².